The Hall–Kier alpha value is -1.62. The second-order valence-electron chi connectivity index (χ2n) is 5.69. The first-order chi connectivity index (χ1) is 9.54. The minimum absolute atomic E-state index is 0.360. The summed E-state index contributed by atoms with van der Waals surface area (Å²) in [7, 11) is 0. The van der Waals surface area contributed by atoms with Gasteiger partial charge in [-0.05, 0) is 43.7 Å². The molecule has 1 aliphatic rings. The van der Waals surface area contributed by atoms with Gasteiger partial charge in [0.15, 0.2) is 0 Å². The van der Waals surface area contributed by atoms with E-state index < -0.39 is 11.5 Å². The number of carbonyl (C=O) groups excluding carboxylic acids is 1. The van der Waals surface area contributed by atoms with Gasteiger partial charge in [0.25, 0.3) is 5.91 Å². The number of hydrogen-bond donors (Lipinski definition) is 3. The third kappa shape index (κ3) is 3.48. The quantitative estimate of drug-likeness (QED) is 0.767. The molecule has 1 heterocycles. The van der Waals surface area contributed by atoms with Crippen molar-refractivity contribution < 1.29 is 9.90 Å². The molecule has 0 aliphatic heterocycles. The lowest BCUT2D eigenvalue weighted by Crippen LogP contribution is -2.41. The van der Waals surface area contributed by atoms with Crippen molar-refractivity contribution in [1.82, 2.24) is 4.98 Å². The molecule has 0 unspecified atom stereocenters. The van der Waals surface area contributed by atoms with Crippen LogP contribution in [0, 0.1) is 5.92 Å². The molecule has 1 fully saturated rings. The minimum Gasteiger partial charge on any atom is -0.388 e. The molecule has 1 aliphatic carbocycles. The highest BCUT2D eigenvalue weighted by Gasteiger charge is 2.32. The zero-order valence-electron chi connectivity index (χ0n) is 11.9. The van der Waals surface area contributed by atoms with Crippen molar-refractivity contribution >= 4 is 11.7 Å². The van der Waals surface area contributed by atoms with Crippen LogP contribution < -0.4 is 11.1 Å². The van der Waals surface area contributed by atoms with Crippen molar-refractivity contribution in [3.63, 3.8) is 0 Å². The van der Waals surface area contributed by atoms with Gasteiger partial charge in [-0.15, -0.1) is 0 Å². The number of anilines is 1. The Balaban J connectivity index is 1.97. The number of carbonyl (C=O) groups is 1. The van der Waals surface area contributed by atoms with Crippen LogP contribution >= 0.6 is 0 Å². The highest BCUT2D eigenvalue weighted by Crippen LogP contribution is 2.33. The first kappa shape index (κ1) is 14.8. The Bertz CT molecular complexity index is 468. The molecule has 0 spiro atoms. The van der Waals surface area contributed by atoms with Crippen LogP contribution in [0.2, 0.25) is 0 Å². The van der Waals surface area contributed by atoms with Gasteiger partial charge >= 0.3 is 0 Å². The van der Waals surface area contributed by atoms with Crippen LogP contribution in [0.1, 0.15) is 49.4 Å². The predicted molar refractivity (Wildman–Crippen MR) is 78.4 cm³/mol. The van der Waals surface area contributed by atoms with Gasteiger partial charge in [0.1, 0.15) is 5.82 Å². The number of nitrogens with one attached hydrogen (secondary N) is 1. The Morgan fingerprint density at radius 2 is 2.25 bits per heavy atom. The van der Waals surface area contributed by atoms with Gasteiger partial charge in [-0.25, -0.2) is 4.98 Å². The molecule has 1 amide bonds. The Morgan fingerprint density at radius 1 is 1.55 bits per heavy atom. The standard InChI is InChI=1S/C15H23N3O2/c1-2-11-5-7-15(20,8-6-11)10-18-14-12(13(16)19)4-3-9-17-14/h3-4,9,11,20H,2,5-8,10H2,1H3,(H2,16,19)(H,17,18). The van der Waals surface area contributed by atoms with Gasteiger partial charge in [0.2, 0.25) is 0 Å². The van der Waals surface area contributed by atoms with Crippen molar-refractivity contribution in [3.8, 4) is 0 Å². The molecule has 0 radical (unpaired) electrons. The predicted octanol–water partition coefficient (Wildman–Crippen LogP) is 1.92. The number of rotatable bonds is 5. The van der Waals surface area contributed by atoms with E-state index in [1.807, 2.05) is 0 Å². The molecule has 5 heteroatoms. The van der Waals surface area contributed by atoms with Crippen molar-refractivity contribution in [2.24, 2.45) is 11.7 Å². The van der Waals surface area contributed by atoms with Crippen molar-refractivity contribution in [3.05, 3.63) is 23.9 Å². The van der Waals surface area contributed by atoms with E-state index >= 15 is 0 Å². The van der Waals surface area contributed by atoms with Crippen LogP contribution in [0.3, 0.4) is 0 Å². The van der Waals surface area contributed by atoms with Crippen LogP contribution in [0.5, 0.6) is 0 Å². The smallest absolute Gasteiger partial charge is 0.252 e. The van der Waals surface area contributed by atoms with Crippen molar-refractivity contribution in [2.45, 2.75) is 44.6 Å². The second-order valence-corrected chi connectivity index (χ2v) is 5.69. The van der Waals surface area contributed by atoms with Gasteiger partial charge < -0.3 is 16.2 Å². The number of hydrogen-bond acceptors (Lipinski definition) is 4. The molecule has 110 valence electrons. The molecular formula is C15H23N3O2. The molecule has 0 aromatic carbocycles. The maximum Gasteiger partial charge on any atom is 0.252 e. The van der Waals surface area contributed by atoms with Gasteiger partial charge in [-0.2, -0.15) is 0 Å². The van der Waals surface area contributed by atoms with E-state index in [9.17, 15) is 9.90 Å². The summed E-state index contributed by atoms with van der Waals surface area (Å²) >= 11 is 0. The number of amides is 1. The van der Waals surface area contributed by atoms with Crippen LogP contribution in [0.4, 0.5) is 5.82 Å². The summed E-state index contributed by atoms with van der Waals surface area (Å²) in [4.78, 5) is 15.4. The Kier molecular flexibility index (Phi) is 4.60. The molecular weight excluding hydrogens is 254 g/mol. The largest absolute Gasteiger partial charge is 0.388 e. The number of primary amides is 1. The number of nitrogens with zero attached hydrogens (tertiary/aromatic N) is 1. The number of pyridine rings is 1. The summed E-state index contributed by atoms with van der Waals surface area (Å²) in [6.45, 7) is 2.60. The monoisotopic (exact) mass is 277 g/mol. The van der Waals surface area contributed by atoms with Gasteiger partial charge in [-0.1, -0.05) is 13.3 Å². The zero-order chi connectivity index (χ0) is 14.6. The summed E-state index contributed by atoms with van der Waals surface area (Å²) in [6, 6.07) is 3.31. The SMILES string of the molecule is CCC1CCC(O)(CNc2ncccc2C(N)=O)CC1. The summed E-state index contributed by atoms with van der Waals surface area (Å²) < 4.78 is 0. The number of aliphatic hydroxyl groups is 1. The van der Waals surface area contributed by atoms with Crippen LogP contribution in [-0.2, 0) is 0 Å². The van der Waals surface area contributed by atoms with E-state index in [4.69, 9.17) is 5.73 Å². The number of aromatic nitrogens is 1. The summed E-state index contributed by atoms with van der Waals surface area (Å²) in [5.74, 6) is 0.666. The third-order valence-electron chi connectivity index (χ3n) is 4.27. The van der Waals surface area contributed by atoms with Crippen LogP contribution in [0.15, 0.2) is 18.3 Å². The molecule has 1 aromatic rings. The van der Waals surface area contributed by atoms with E-state index in [-0.39, 0.29) is 0 Å². The topological polar surface area (TPSA) is 88.2 Å². The molecule has 5 nitrogen and oxygen atoms in total. The average Bonchev–Trinajstić information content (AvgIpc) is 2.46. The molecule has 1 aromatic heterocycles. The zero-order valence-corrected chi connectivity index (χ0v) is 11.9. The summed E-state index contributed by atoms with van der Waals surface area (Å²) in [6.07, 6.45) is 6.47. The van der Waals surface area contributed by atoms with Crippen molar-refractivity contribution in [1.29, 1.82) is 0 Å². The highest BCUT2D eigenvalue weighted by atomic mass is 16.3. The highest BCUT2D eigenvalue weighted by molar-refractivity contribution is 5.97. The molecule has 4 N–H and O–H groups in total. The third-order valence-corrected chi connectivity index (χ3v) is 4.27. The minimum atomic E-state index is -0.710. The number of nitrogens with two attached hydrogens (primary N) is 1. The van der Waals surface area contributed by atoms with Crippen molar-refractivity contribution in [2.75, 3.05) is 11.9 Å². The fraction of sp³-hybridized carbons (Fsp3) is 0.600. The van der Waals surface area contributed by atoms with Gasteiger partial charge in [-0.3, -0.25) is 4.79 Å². The second kappa shape index (κ2) is 6.22. The van der Waals surface area contributed by atoms with E-state index in [0.717, 1.165) is 31.6 Å². The molecule has 0 atom stereocenters. The Morgan fingerprint density at radius 3 is 2.85 bits per heavy atom. The van der Waals surface area contributed by atoms with E-state index in [1.54, 1.807) is 18.3 Å². The first-order valence-corrected chi connectivity index (χ1v) is 7.25. The van der Waals surface area contributed by atoms with Gasteiger partial charge in [0, 0.05) is 12.7 Å². The lowest BCUT2D eigenvalue weighted by Gasteiger charge is -2.36. The molecule has 1 saturated carbocycles. The lowest BCUT2D eigenvalue weighted by atomic mass is 9.78. The van der Waals surface area contributed by atoms with E-state index in [2.05, 4.69) is 17.2 Å². The molecule has 2 rings (SSSR count). The van der Waals surface area contributed by atoms with Crippen LogP contribution in [0.25, 0.3) is 0 Å². The Labute approximate surface area is 119 Å². The molecule has 0 saturated heterocycles. The maximum atomic E-state index is 11.3. The molecule has 20 heavy (non-hydrogen) atoms. The van der Waals surface area contributed by atoms with E-state index in [1.165, 1.54) is 6.42 Å². The summed E-state index contributed by atoms with van der Waals surface area (Å²) in [5.41, 5.74) is 4.96. The normalized spacial score (nSPS) is 26.2. The maximum absolute atomic E-state index is 11.3. The average molecular weight is 277 g/mol. The first-order valence-electron chi connectivity index (χ1n) is 7.25. The summed E-state index contributed by atoms with van der Waals surface area (Å²) in [5, 5.41) is 13.6. The fourth-order valence-electron chi connectivity index (χ4n) is 2.79. The van der Waals surface area contributed by atoms with E-state index in [0.29, 0.717) is 17.9 Å². The lowest BCUT2D eigenvalue weighted by molar-refractivity contribution is 0.00221. The van der Waals surface area contributed by atoms with Gasteiger partial charge in [0.05, 0.1) is 11.2 Å². The molecule has 0 bridgehead atoms. The fourth-order valence-corrected chi connectivity index (χ4v) is 2.79. The van der Waals surface area contributed by atoms with Crippen LogP contribution in [-0.4, -0.2) is 28.1 Å².